The van der Waals surface area contributed by atoms with E-state index in [4.69, 9.17) is 9.47 Å². The summed E-state index contributed by atoms with van der Waals surface area (Å²) in [6.45, 7) is 6.52. The van der Waals surface area contributed by atoms with Gasteiger partial charge in [-0.1, -0.05) is 37.8 Å². The van der Waals surface area contributed by atoms with Crippen molar-refractivity contribution in [3.8, 4) is 0 Å². The van der Waals surface area contributed by atoms with E-state index in [0.29, 0.717) is 24.3 Å². The van der Waals surface area contributed by atoms with E-state index >= 15 is 0 Å². The van der Waals surface area contributed by atoms with Gasteiger partial charge in [-0.25, -0.2) is 4.79 Å². The molecule has 0 radical (unpaired) electrons. The molecule has 6 heteroatoms. The van der Waals surface area contributed by atoms with Crippen LogP contribution in [0.3, 0.4) is 0 Å². The van der Waals surface area contributed by atoms with Crippen LogP contribution < -0.4 is 0 Å². The third-order valence-corrected chi connectivity index (χ3v) is 4.44. The van der Waals surface area contributed by atoms with Crippen molar-refractivity contribution in [2.75, 3.05) is 19.8 Å². The van der Waals surface area contributed by atoms with E-state index in [0.717, 1.165) is 38.5 Å². The number of nitrogens with zero attached hydrogens (tertiary/aromatic N) is 1. The van der Waals surface area contributed by atoms with Gasteiger partial charge in [0.1, 0.15) is 12.2 Å². The summed E-state index contributed by atoms with van der Waals surface area (Å²) in [5.74, 6) is -0.689. The highest BCUT2D eigenvalue weighted by Gasteiger charge is 2.34. The number of amides is 2. The molecule has 1 aromatic rings. The van der Waals surface area contributed by atoms with E-state index in [9.17, 15) is 14.4 Å². The fourth-order valence-corrected chi connectivity index (χ4v) is 3.15. The number of imide groups is 1. The Morgan fingerprint density at radius 3 is 2.00 bits per heavy atom. The lowest BCUT2D eigenvalue weighted by Gasteiger charge is -2.19. The van der Waals surface area contributed by atoms with Gasteiger partial charge in [0.2, 0.25) is 0 Å². The molecule has 1 aliphatic rings. The Labute approximate surface area is 167 Å². The molecule has 0 bridgehead atoms. The normalized spacial score (nSPS) is 13.8. The summed E-state index contributed by atoms with van der Waals surface area (Å²) in [4.78, 5) is 37.4. The van der Waals surface area contributed by atoms with Crippen LogP contribution in [-0.2, 0) is 14.3 Å². The number of rotatable bonds is 11. The lowest BCUT2D eigenvalue weighted by molar-refractivity contribution is -0.160. The van der Waals surface area contributed by atoms with E-state index in [1.165, 1.54) is 4.90 Å². The Kier molecular flexibility index (Phi) is 8.18. The molecule has 28 heavy (non-hydrogen) atoms. The number of hydrogen-bond donors (Lipinski definition) is 0. The summed E-state index contributed by atoms with van der Waals surface area (Å²) in [5, 5.41) is 0. The number of carbonyl (C=O) groups is 3. The van der Waals surface area contributed by atoms with E-state index in [1.807, 2.05) is 20.8 Å². The highest BCUT2D eigenvalue weighted by atomic mass is 16.6. The summed E-state index contributed by atoms with van der Waals surface area (Å²) in [7, 11) is 0. The minimum absolute atomic E-state index is 0.00243. The van der Waals surface area contributed by atoms with Crippen LogP contribution in [0.4, 0.5) is 0 Å². The molecular weight excluding hydrogens is 358 g/mol. The number of unbranched alkanes of at least 4 members (excludes halogenated alkanes) is 5. The molecule has 2 amide bonds. The van der Waals surface area contributed by atoms with Crippen LogP contribution in [0.2, 0.25) is 0 Å². The SMILES string of the molecule is CC(C)(C)OC(=O)COCCCCCCCCN1C(=O)c2ccccc2C1=O. The first-order chi connectivity index (χ1) is 13.3. The van der Waals surface area contributed by atoms with Gasteiger partial charge in [-0.3, -0.25) is 14.5 Å². The Balaban J connectivity index is 1.48. The first-order valence-corrected chi connectivity index (χ1v) is 10.0. The third kappa shape index (κ3) is 6.75. The Morgan fingerprint density at radius 2 is 1.43 bits per heavy atom. The molecule has 0 fully saturated rings. The van der Waals surface area contributed by atoms with Gasteiger partial charge < -0.3 is 9.47 Å². The summed E-state index contributed by atoms with van der Waals surface area (Å²) >= 11 is 0. The predicted octanol–water partition coefficient (Wildman–Crippen LogP) is 3.98. The topological polar surface area (TPSA) is 72.9 Å². The predicted molar refractivity (Wildman–Crippen MR) is 106 cm³/mol. The average Bonchev–Trinajstić information content (AvgIpc) is 2.87. The number of hydrogen-bond acceptors (Lipinski definition) is 5. The highest BCUT2D eigenvalue weighted by Crippen LogP contribution is 2.22. The Hall–Kier alpha value is -2.21. The monoisotopic (exact) mass is 389 g/mol. The zero-order valence-corrected chi connectivity index (χ0v) is 17.2. The maximum Gasteiger partial charge on any atom is 0.332 e. The van der Waals surface area contributed by atoms with Gasteiger partial charge in [0.05, 0.1) is 11.1 Å². The molecular formula is C22H31NO5. The van der Waals surface area contributed by atoms with Crippen LogP contribution in [0.15, 0.2) is 24.3 Å². The van der Waals surface area contributed by atoms with Crippen LogP contribution in [0.25, 0.3) is 0 Å². The number of esters is 1. The molecule has 0 spiro atoms. The fraction of sp³-hybridized carbons (Fsp3) is 0.591. The number of fused-ring (bicyclic) bond motifs is 1. The van der Waals surface area contributed by atoms with Crippen molar-refractivity contribution in [2.45, 2.75) is 64.9 Å². The molecule has 0 aliphatic carbocycles. The second-order valence-corrected chi connectivity index (χ2v) is 8.07. The maximum atomic E-state index is 12.3. The van der Waals surface area contributed by atoms with Crippen molar-refractivity contribution in [1.29, 1.82) is 0 Å². The van der Waals surface area contributed by atoms with Crippen molar-refractivity contribution in [3.05, 3.63) is 35.4 Å². The van der Waals surface area contributed by atoms with Crippen molar-refractivity contribution in [1.82, 2.24) is 4.90 Å². The Morgan fingerprint density at radius 1 is 0.893 bits per heavy atom. The van der Waals surface area contributed by atoms with E-state index < -0.39 is 5.60 Å². The fourth-order valence-electron chi connectivity index (χ4n) is 3.15. The molecule has 6 nitrogen and oxygen atoms in total. The van der Waals surface area contributed by atoms with E-state index in [1.54, 1.807) is 24.3 Å². The van der Waals surface area contributed by atoms with Gasteiger partial charge >= 0.3 is 5.97 Å². The summed E-state index contributed by atoms with van der Waals surface area (Å²) in [6.07, 6.45) is 5.85. The summed E-state index contributed by atoms with van der Waals surface area (Å²) in [6, 6.07) is 6.98. The van der Waals surface area contributed by atoms with Gasteiger partial charge in [-0.05, 0) is 45.7 Å². The zero-order valence-electron chi connectivity index (χ0n) is 17.2. The maximum absolute atomic E-state index is 12.3. The van der Waals surface area contributed by atoms with Crippen molar-refractivity contribution in [3.63, 3.8) is 0 Å². The van der Waals surface area contributed by atoms with Gasteiger partial charge in [0.25, 0.3) is 11.8 Å². The van der Waals surface area contributed by atoms with Crippen LogP contribution in [0.5, 0.6) is 0 Å². The molecule has 0 aromatic heterocycles. The van der Waals surface area contributed by atoms with Crippen LogP contribution in [0.1, 0.15) is 80.0 Å². The second-order valence-electron chi connectivity index (χ2n) is 8.07. The first kappa shape index (κ1) is 22.1. The third-order valence-electron chi connectivity index (χ3n) is 4.44. The van der Waals surface area contributed by atoms with Crippen LogP contribution >= 0.6 is 0 Å². The second kappa shape index (κ2) is 10.4. The minimum Gasteiger partial charge on any atom is -0.458 e. The molecule has 2 rings (SSSR count). The van der Waals surface area contributed by atoms with Gasteiger partial charge in [0, 0.05) is 13.2 Å². The van der Waals surface area contributed by atoms with Crippen molar-refractivity contribution in [2.24, 2.45) is 0 Å². The smallest absolute Gasteiger partial charge is 0.332 e. The number of benzene rings is 1. The quantitative estimate of drug-likeness (QED) is 0.325. The van der Waals surface area contributed by atoms with Gasteiger partial charge in [0.15, 0.2) is 0 Å². The molecule has 154 valence electrons. The van der Waals surface area contributed by atoms with E-state index in [2.05, 4.69) is 0 Å². The standard InChI is InChI=1S/C22H31NO5/c1-22(2,3)28-19(24)16-27-15-11-7-5-4-6-10-14-23-20(25)17-12-8-9-13-18(17)21(23)26/h8-9,12-13H,4-7,10-11,14-16H2,1-3H3. The molecule has 0 unspecified atom stereocenters. The first-order valence-electron chi connectivity index (χ1n) is 10.0. The lowest BCUT2D eigenvalue weighted by Crippen LogP contribution is -2.30. The van der Waals surface area contributed by atoms with E-state index in [-0.39, 0.29) is 24.4 Å². The highest BCUT2D eigenvalue weighted by molar-refractivity contribution is 6.21. The largest absolute Gasteiger partial charge is 0.458 e. The molecule has 1 aromatic carbocycles. The van der Waals surface area contributed by atoms with Crippen molar-refractivity contribution >= 4 is 17.8 Å². The van der Waals surface area contributed by atoms with Gasteiger partial charge in [-0.15, -0.1) is 0 Å². The molecule has 1 aliphatic heterocycles. The number of ether oxygens (including phenoxy) is 2. The molecule has 0 atom stereocenters. The summed E-state index contributed by atoms with van der Waals surface area (Å²) < 4.78 is 10.5. The average molecular weight is 389 g/mol. The van der Waals surface area contributed by atoms with Gasteiger partial charge in [-0.2, -0.15) is 0 Å². The Bertz CT molecular complexity index is 657. The van der Waals surface area contributed by atoms with Crippen molar-refractivity contribution < 1.29 is 23.9 Å². The molecule has 0 N–H and O–H groups in total. The van der Waals surface area contributed by atoms with Crippen LogP contribution in [0, 0.1) is 0 Å². The number of carbonyl (C=O) groups excluding carboxylic acids is 3. The molecule has 0 saturated heterocycles. The lowest BCUT2D eigenvalue weighted by atomic mass is 10.1. The molecule has 1 heterocycles. The van der Waals surface area contributed by atoms with Crippen LogP contribution in [-0.4, -0.2) is 48.0 Å². The molecule has 0 saturated carbocycles. The zero-order chi connectivity index (χ0) is 20.6. The summed E-state index contributed by atoms with van der Waals surface area (Å²) in [5.41, 5.74) is 0.547. The minimum atomic E-state index is -0.479.